The number of piperidine rings is 1. The highest BCUT2D eigenvalue weighted by Crippen LogP contribution is 2.19. The van der Waals surface area contributed by atoms with E-state index in [1.54, 1.807) is 11.8 Å². The molecule has 0 saturated carbocycles. The van der Waals surface area contributed by atoms with Crippen molar-refractivity contribution in [3.05, 3.63) is 0 Å². The van der Waals surface area contributed by atoms with Crippen LogP contribution in [0.3, 0.4) is 0 Å². The lowest BCUT2D eigenvalue weighted by Gasteiger charge is -2.33. The van der Waals surface area contributed by atoms with Crippen LogP contribution in [0, 0.1) is 5.92 Å². The van der Waals surface area contributed by atoms with E-state index in [1.165, 1.54) is 0 Å². The van der Waals surface area contributed by atoms with E-state index in [-0.39, 0.29) is 23.8 Å². The summed E-state index contributed by atoms with van der Waals surface area (Å²) >= 11 is 1.76. The van der Waals surface area contributed by atoms with Gasteiger partial charge in [-0.1, -0.05) is 13.3 Å². The summed E-state index contributed by atoms with van der Waals surface area (Å²) in [5, 5.41) is 6.20. The average Bonchev–Trinajstić information content (AvgIpc) is 3.01. The van der Waals surface area contributed by atoms with Gasteiger partial charge in [-0.3, -0.25) is 14.9 Å². The van der Waals surface area contributed by atoms with Crippen molar-refractivity contribution < 1.29 is 9.59 Å². The van der Waals surface area contributed by atoms with Gasteiger partial charge in [0.25, 0.3) is 0 Å². The number of thioether (sulfide) groups is 1. The van der Waals surface area contributed by atoms with Crippen LogP contribution >= 0.6 is 11.8 Å². The summed E-state index contributed by atoms with van der Waals surface area (Å²) in [6, 6.07) is -0.0538. The lowest BCUT2D eigenvalue weighted by molar-refractivity contribution is -0.136. The van der Waals surface area contributed by atoms with Gasteiger partial charge in [0.05, 0.1) is 12.0 Å². The van der Waals surface area contributed by atoms with Crippen molar-refractivity contribution in [3.8, 4) is 0 Å². The van der Waals surface area contributed by atoms with Crippen LogP contribution in [0.25, 0.3) is 0 Å². The molecule has 5 nitrogen and oxygen atoms in total. The molecule has 2 N–H and O–H groups in total. The minimum absolute atomic E-state index is 0.0291. The fraction of sp³-hybridized carbons (Fsp3) is 0.857. The van der Waals surface area contributed by atoms with Crippen molar-refractivity contribution in [1.29, 1.82) is 0 Å². The number of nitrogens with zero attached hydrogens (tertiary/aromatic N) is 1. The van der Waals surface area contributed by atoms with Crippen molar-refractivity contribution in [2.24, 2.45) is 5.92 Å². The Bertz CT molecular complexity index is 345. The monoisotopic (exact) mass is 299 g/mol. The Morgan fingerprint density at radius 1 is 1.45 bits per heavy atom. The van der Waals surface area contributed by atoms with Crippen LogP contribution in [0.15, 0.2) is 0 Å². The average molecular weight is 299 g/mol. The third kappa shape index (κ3) is 4.12. The lowest BCUT2D eigenvalue weighted by Crippen LogP contribution is -2.51. The number of amides is 2. The number of unbranched alkanes of at least 4 members (excludes halogenated alkanes) is 1. The number of rotatable bonds is 5. The van der Waals surface area contributed by atoms with Gasteiger partial charge in [0.1, 0.15) is 0 Å². The Labute approximate surface area is 125 Å². The van der Waals surface area contributed by atoms with Crippen molar-refractivity contribution in [2.75, 3.05) is 31.3 Å². The van der Waals surface area contributed by atoms with Crippen molar-refractivity contribution in [2.45, 2.75) is 38.6 Å². The number of carbonyl (C=O) groups excluding carboxylic acids is 2. The maximum Gasteiger partial charge on any atom is 0.240 e. The predicted octanol–water partition coefficient (Wildman–Crippen LogP) is 0.804. The molecule has 0 aromatic carbocycles. The van der Waals surface area contributed by atoms with Crippen molar-refractivity contribution in [3.63, 3.8) is 0 Å². The van der Waals surface area contributed by atoms with Crippen LogP contribution in [0.4, 0.5) is 0 Å². The minimum Gasteiger partial charge on any atom is -0.356 e. The summed E-state index contributed by atoms with van der Waals surface area (Å²) in [7, 11) is 0. The largest absolute Gasteiger partial charge is 0.356 e. The van der Waals surface area contributed by atoms with Crippen molar-refractivity contribution in [1.82, 2.24) is 15.5 Å². The molecular weight excluding hydrogens is 274 g/mol. The quantitative estimate of drug-likeness (QED) is 0.737. The smallest absolute Gasteiger partial charge is 0.240 e. The summed E-state index contributed by atoms with van der Waals surface area (Å²) in [5.74, 6) is 1.96. The highest BCUT2D eigenvalue weighted by atomic mass is 32.2. The van der Waals surface area contributed by atoms with E-state index in [1.807, 2.05) is 4.90 Å². The second kappa shape index (κ2) is 7.88. The number of hydrogen-bond donors (Lipinski definition) is 2. The summed E-state index contributed by atoms with van der Waals surface area (Å²) in [6.45, 7) is 4.24. The predicted molar refractivity (Wildman–Crippen MR) is 81.5 cm³/mol. The van der Waals surface area contributed by atoms with E-state index in [4.69, 9.17) is 0 Å². The van der Waals surface area contributed by atoms with Crippen LogP contribution in [0.1, 0.15) is 32.6 Å². The van der Waals surface area contributed by atoms with Gasteiger partial charge in [0, 0.05) is 31.3 Å². The summed E-state index contributed by atoms with van der Waals surface area (Å²) < 4.78 is 0. The van der Waals surface area contributed by atoms with E-state index in [0.29, 0.717) is 6.54 Å². The van der Waals surface area contributed by atoms with Gasteiger partial charge in [-0.25, -0.2) is 0 Å². The van der Waals surface area contributed by atoms with E-state index >= 15 is 0 Å². The molecule has 2 amide bonds. The first-order valence-electron chi connectivity index (χ1n) is 7.60. The molecular formula is C14H25N3O2S. The molecule has 0 radical (unpaired) electrons. The van der Waals surface area contributed by atoms with Gasteiger partial charge in [-0.15, -0.1) is 11.8 Å². The highest BCUT2D eigenvalue weighted by molar-refractivity contribution is 7.99. The molecule has 114 valence electrons. The molecule has 2 unspecified atom stereocenters. The van der Waals surface area contributed by atoms with Gasteiger partial charge < -0.3 is 10.2 Å². The number of carbonyl (C=O) groups is 2. The zero-order valence-corrected chi connectivity index (χ0v) is 13.0. The number of hydrogen-bond acceptors (Lipinski definition) is 4. The zero-order chi connectivity index (χ0) is 14.4. The number of nitrogens with one attached hydrogen (secondary N) is 2. The van der Waals surface area contributed by atoms with Crippen LogP contribution in [0.5, 0.6) is 0 Å². The van der Waals surface area contributed by atoms with Crippen LogP contribution in [-0.2, 0) is 9.59 Å². The first kappa shape index (κ1) is 15.6. The third-order valence-corrected chi connectivity index (χ3v) is 4.89. The maximum absolute atomic E-state index is 12.3. The van der Waals surface area contributed by atoms with E-state index in [0.717, 1.165) is 50.4 Å². The highest BCUT2D eigenvalue weighted by Gasteiger charge is 2.32. The van der Waals surface area contributed by atoms with Gasteiger partial charge in [0.2, 0.25) is 11.8 Å². The summed E-state index contributed by atoms with van der Waals surface area (Å²) in [4.78, 5) is 26.3. The van der Waals surface area contributed by atoms with Crippen LogP contribution in [0.2, 0.25) is 0 Å². The molecule has 2 saturated heterocycles. The summed E-state index contributed by atoms with van der Waals surface area (Å²) in [5.41, 5.74) is 0. The molecule has 6 heteroatoms. The maximum atomic E-state index is 12.3. The molecule has 2 aliphatic heterocycles. The zero-order valence-electron chi connectivity index (χ0n) is 12.2. The molecule has 2 atom stereocenters. The van der Waals surface area contributed by atoms with Gasteiger partial charge in [-0.2, -0.15) is 0 Å². The molecule has 2 aliphatic rings. The molecule has 0 bridgehead atoms. The Balaban J connectivity index is 1.81. The first-order chi connectivity index (χ1) is 9.72. The SMILES string of the molecule is CCCCNC(=O)C1CCCN(C(=O)C2CSCN2)C1. The minimum atomic E-state index is -0.0538. The standard InChI is InChI=1S/C14H25N3O2S/c1-2-3-6-15-13(18)11-5-4-7-17(8-11)14(19)12-9-20-10-16-12/h11-12,16H,2-10H2,1H3,(H,15,18). The first-order valence-corrected chi connectivity index (χ1v) is 8.75. The molecule has 0 aliphatic carbocycles. The Kier molecular flexibility index (Phi) is 6.16. The molecule has 0 aromatic heterocycles. The molecule has 2 fully saturated rings. The van der Waals surface area contributed by atoms with Crippen molar-refractivity contribution >= 4 is 23.6 Å². The van der Waals surface area contributed by atoms with Gasteiger partial charge >= 0.3 is 0 Å². The Hall–Kier alpha value is -0.750. The third-order valence-electron chi connectivity index (χ3n) is 3.95. The molecule has 2 rings (SSSR count). The number of likely N-dealkylation sites (tertiary alicyclic amines) is 1. The normalized spacial score (nSPS) is 26.6. The van der Waals surface area contributed by atoms with Crippen LogP contribution < -0.4 is 10.6 Å². The van der Waals surface area contributed by atoms with Gasteiger partial charge in [-0.05, 0) is 19.3 Å². The molecule has 20 heavy (non-hydrogen) atoms. The second-order valence-corrected chi connectivity index (χ2v) is 6.57. The topological polar surface area (TPSA) is 61.4 Å². The Morgan fingerprint density at radius 3 is 3.00 bits per heavy atom. The summed E-state index contributed by atoms with van der Waals surface area (Å²) in [6.07, 6.45) is 3.93. The Morgan fingerprint density at radius 2 is 2.30 bits per heavy atom. The molecule has 0 spiro atoms. The van der Waals surface area contributed by atoms with E-state index in [9.17, 15) is 9.59 Å². The fourth-order valence-corrected chi connectivity index (χ4v) is 3.63. The molecule has 2 heterocycles. The molecule has 0 aromatic rings. The van der Waals surface area contributed by atoms with Crippen LogP contribution in [-0.4, -0.2) is 54.0 Å². The second-order valence-electron chi connectivity index (χ2n) is 5.54. The van der Waals surface area contributed by atoms with E-state index in [2.05, 4.69) is 17.6 Å². The van der Waals surface area contributed by atoms with Gasteiger partial charge in [0.15, 0.2) is 0 Å². The fourth-order valence-electron chi connectivity index (χ4n) is 2.70. The van der Waals surface area contributed by atoms with E-state index < -0.39 is 0 Å². The lowest BCUT2D eigenvalue weighted by atomic mass is 9.96.